The van der Waals surface area contributed by atoms with E-state index >= 15 is 0 Å². The maximum absolute atomic E-state index is 11.7. The van der Waals surface area contributed by atoms with Crippen LogP contribution in [0.15, 0.2) is 0 Å². The number of phosphoric ester groups is 1. The molecule has 0 spiro atoms. The molecule has 0 bridgehead atoms. The summed E-state index contributed by atoms with van der Waals surface area (Å²) in [5, 5.41) is 9.69. The molecule has 0 aliphatic rings. The second-order valence-electron chi connectivity index (χ2n) is 7.56. The zero-order chi connectivity index (χ0) is 21.3. The van der Waals surface area contributed by atoms with Crippen LogP contribution >= 0.6 is 7.82 Å². The minimum atomic E-state index is -3.63. The van der Waals surface area contributed by atoms with Crippen LogP contribution in [-0.4, -0.2) is 44.6 Å². The molecule has 168 valence electrons. The number of aliphatic hydroxyl groups is 1. The molecule has 0 aromatic heterocycles. The predicted molar refractivity (Wildman–Crippen MR) is 110 cm³/mol. The molecule has 0 aromatic carbocycles. The number of esters is 1. The van der Waals surface area contributed by atoms with E-state index in [1.54, 1.807) is 0 Å². The SMILES string of the molecule is COP(=O)(OC)OCC(O)COC(=O)CCCCCCCCCCCC(C)C. The Hall–Kier alpha value is -0.460. The molecule has 1 unspecified atom stereocenters. The van der Waals surface area contributed by atoms with Gasteiger partial charge in [0, 0.05) is 20.6 Å². The Labute approximate surface area is 171 Å². The quantitative estimate of drug-likeness (QED) is 0.172. The van der Waals surface area contributed by atoms with E-state index < -0.39 is 13.9 Å². The first-order valence-electron chi connectivity index (χ1n) is 10.5. The molecule has 0 radical (unpaired) electrons. The lowest BCUT2D eigenvalue weighted by Gasteiger charge is -2.16. The fourth-order valence-electron chi connectivity index (χ4n) is 2.73. The van der Waals surface area contributed by atoms with Crippen molar-refractivity contribution >= 4 is 13.8 Å². The summed E-state index contributed by atoms with van der Waals surface area (Å²) in [6.45, 7) is 4.04. The van der Waals surface area contributed by atoms with Crippen molar-refractivity contribution in [2.24, 2.45) is 5.92 Å². The summed E-state index contributed by atoms with van der Waals surface area (Å²) in [5.74, 6) is 0.471. The molecule has 0 rings (SSSR count). The number of unbranched alkanes of at least 4 members (excludes halogenated alkanes) is 8. The standard InChI is InChI=1S/C20H41O7P/c1-18(2)14-12-10-8-6-5-7-9-11-13-15-20(22)26-16-19(21)17-27-28(23,24-3)25-4/h18-19,21H,5-17H2,1-4H3. The summed E-state index contributed by atoms with van der Waals surface area (Å²) >= 11 is 0. The Kier molecular flexibility index (Phi) is 17.1. The number of carbonyl (C=O) groups is 1. The summed E-state index contributed by atoms with van der Waals surface area (Å²) < 4.78 is 30.7. The number of carbonyl (C=O) groups excluding carboxylic acids is 1. The van der Waals surface area contributed by atoms with Crippen molar-refractivity contribution in [3.63, 3.8) is 0 Å². The molecule has 0 aromatic rings. The van der Waals surface area contributed by atoms with Gasteiger partial charge in [-0.05, 0) is 12.3 Å². The molecule has 0 saturated heterocycles. The van der Waals surface area contributed by atoms with Crippen LogP contribution in [0.1, 0.15) is 84.5 Å². The van der Waals surface area contributed by atoms with Crippen LogP contribution < -0.4 is 0 Å². The van der Waals surface area contributed by atoms with Crippen molar-refractivity contribution in [2.75, 3.05) is 27.4 Å². The van der Waals surface area contributed by atoms with Crippen LogP contribution in [0.3, 0.4) is 0 Å². The average molecular weight is 425 g/mol. The highest BCUT2D eigenvalue weighted by atomic mass is 31.2. The number of hydrogen-bond donors (Lipinski definition) is 1. The third-order valence-electron chi connectivity index (χ3n) is 4.47. The number of hydrogen-bond acceptors (Lipinski definition) is 7. The summed E-state index contributed by atoms with van der Waals surface area (Å²) in [7, 11) is -1.26. The largest absolute Gasteiger partial charge is 0.474 e. The van der Waals surface area contributed by atoms with E-state index in [1.807, 2.05) is 0 Å². The van der Waals surface area contributed by atoms with Crippen LogP contribution in [0.25, 0.3) is 0 Å². The van der Waals surface area contributed by atoms with Crippen LogP contribution in [0, 0.1) is 5.92 Å². The lowest BCUT2D eigenvalue weighted by molar-refractivity contribution is -0.147. The van der Waals surface area contributed by atoms with Gasteiger partial charge in [0.2, 0.25) is 0 Å². The number of aliphatic hydroxyl groups excluding tert-OH is 1. The molecule has 0 amide bonds. The zero-order valence-corrected chi connectivity index (χ0v) is 19.1. The molecular formula is C20H41O7P. The molecule has 0 saturated carbocycles. The molecule has 28 heavy (non-hydrogen) atoms. The van der Waals surface area contributed by atoms with E-state index in [2.05, 4.69) is 22.9 Å². The average Bonchev–Trinajstić information content (AvgIpc) is 2.68. The van der Waals surface area contributed by atoms with E-state index in [-0.39, 0.29) is 19.2 Å². The summed E-state index contributed by atoms with van der Waals surface area (Å²) in [4.78, 5) is 11.7. The van der Waals surface area contributed by atoms with E-state index in [0.29, 0.717) is 6.42 Å². The second kappa shape index (κ2) is 17.4. The highest BCUT2D eigenvalue weighted by molar-refractivity contribution is 7.48. The molecule has 1 atom stereocenters. The molecule has 7 nitrogen and oxygen atoms in total. The van der Waals surface area contributed by atoms with Gasteiger partial charge in [0.1, 0.15) is 12.7 Å². The van der Waals surface area contributed by atoms with Crippen molar-refractivity contribution in [1.29, 1.82) is 0 Å². The lowest BCUT2D eigenvalue weighted by Crippen LogP contribution is -2.23. The third-order valence-corrected chi connectivity index (χ3v) is 5.83. The molecule has 1 N–H and O–H groups in total. The van der Waals surface area contributed by atoms with E-state index in [9.17, 15) is 14.5 Å². The first kappa shape index (κ1) is 27.5. The lowest BCUT2D eigenvalue weighted by atomic mass is 10.0. The second-order valence-corrected chi connectivity index (χ2v) is 9.44. The topological polar surface area (TPSA) is 91.3 Å². The maximum Gasteiger partial charge on any atom is 0.474 e. The first-order valence-corrected chi connectivity index (χ1v) is 12.0. The van der Waals surface area contributed by atoms with Crippen LogP contribution in [0.5, 0.6) is 0 Å². The molecule has 0 fully saturated rings. The third kappa shape index (κ3) is 16.5. The van der Waals surface area contributed by atoms with Gasteiger partial charge in [0.15, 0.2) is 0 Å². The van der Waals surface area contributed by atoms with Crippen molar-refractivity contribution < 1.29 is 32.8 Å². The number of rotatable bonds is 19. The fourth-order valence-corrected chi connectivity index (χ4v) is 3.44. The molecule has 8 heteroatoms. The van der Waals surface area contributed by atoms with Gasteiger partial charge < -0.3 is 9.84 Å². The predicted octanol–water partition coefficient (Wildman–Crippen LogP) is 5.26. The van der Waals surface area contributed by atoms with Crippen LogP contribution in [0.2, 0.25) is 0 Å². The summed E-state index contributed by atoms with van der Waals surface area (Å²) in [5.41, 5.74) is 0. The highest BCUT2D eigenvalue weighted by Crippen LogP contribution is 2.47. The molecule has 0 aliphatic heterocycles. The Morgan fingerprint density at radius 1 is 0.857 bits per heavy atom. The first-order chi connectivity index (χ1) is 13.3. The van der Waals surface area contributed by atoms with Gasteiger partial charge in [-0.3, -0.25) is 18.4 Å². The van der Waals surface area contributed by atoms with Gasteiger partial charge in [0.25, 0.3) is 0 Å². The summed E-state index contributed by atoms with van der Waals surface area (Å²) in [6.07, 6.45) is 11.4. The smallest absolute Gasteiger partial charge is 0.463 e. The molecule has 0 aliphatic carbocycles. The van der Waals surface area contributed by atoms with E-state index in [0.717, 1.165) is 25.2 Å². The summed E-state index contributed by atoms with van der Waals surface area (Å²) in [6, 6.07) is 0. The van der Waals surface area contributed by atoms with Gasteiger partial charge >= 0.3 is 13.8 Å². The zero-order valence-electron chi connectivity index (χ0n) is 18.2. The van der Waals surface area contributed by atoms with Crippen molar-refractivity contribution in [3.05, 3.63) is 0 Å². The Bertz CT molecular complexity index is 421. The monoisotopic (exact) mass is 424 g/mol. The Morgan fingerprint density at radius 3 is 1.86 bits per heavy atom. The minimum Gasteiger partial charge on any atom is -0.463 e. The van der Waals surface area contributed by atoms with E-state index in [1.165, 1.54) is 59.2 Å². The Balaban J connectivity index is 3.49. The molecular weight excluding hydrogens is 383 g/mol. The van der Waals surface area contributed by atoms with Gasteiger partial charge in [0.05, 0.1) is 6.61 Å². The number of ether oxygens (including phenoxy) is 1. The van der Waals surface area contributed by atoms with Crippen molar-refractivity contribution in [1.82, 2.24) is 0 Å². The fraction of sp³-hybridized carbons (Fsp3) is 0.950. The van der Waals surface area contributed by atoms with Crippen molar-refractivity contribution in [3.8, 4) is 0 Å². The van der Waals surface area contributed by atoms with Crippen LogP contribution in [-0.2, 0) is 27.7 Å². The number of phosphoric acid groups is 1. The minimum absolute atomic E-state index is 0.205. The van der Waals surface area contributed by atoms with E-state index in [4.69, 9.17) is 9.26 Å². The maximum atomic E-state index is 11.7. The Morgan fingerprint density at radius 2 is 1.36 bits per heavy atom. The highest BCUT2D eigenvalue weighted by Gasteiger charge is 2.24. The van der Waals surface area contributed by atoms with Gasteiger partial charge in [-0.25, -0.2) is 4.57 Å². The van der Waals surface area contributed by atoms with Crippen LogP contribution in [0.4, 0.5) is 0 Å². The van der Waals surface area contributed by atoms with Gasteiger partial charge in [-0.15, -0.1) is 0 Å². The molecule has 0 heterocycles. The van der Waals surface area contributed by atoms with Gasteiger partial charge in [-0.1, -0.05) is 71.6 Å². The van der Waals surface area contributed by atoms with Gasteiger partial charge in [-0.2, -0.15) is 0 Å². The van der Waals surface area contributed by atoms with Crippen molar-refractivity contribution in [2.45, 2.75) is 90.6 Å². The normalized spacial score (nSPS) is 13.1.